The summed E-state index contributed by atoms with van der Waals surface area (Å²) in [5.74, 6) is 0.997. The fourth-order valence-electron chi connectivity index (χ4n) is 3.81. The zero-order chi connectivity index (χ0) is 23.8. The van der Waals surface area contributed by atoms with Gasteiger partial charge in [-0.15, -0.1) is 0 Å². The maximum Gasteiger partial charge on any atom is 0.228 e. The number of nitrogen functional groups attached to an aromatic ring is 1. The summed E-state index contributed by atoms with van der Waals surface area (Å²) in [4.78, 5) is 17.1. The summed E-state index contributed by atoms with van der Waals surface area (Å²) in [6.45, 7) is -0.473. The molecule has 1 fully saturated rings. The van der Waals surface area contributed by atoms with Crippen molar-refractivity contribution in [1.82, 2.24) is 24.5 Å². The monoisotopic (exact) mass is 466 g/mol. The van der Waals surface area contributed by atoms with E-state index >= 15 is 0 Å². The second kappa shape index (κ2) is 8.79. The van der Waals surface area contributed by atoms with Gasteiger partial charge in [0.15, 0.2) is 23.2 Å². The number of methoxy groups -OCH3 is 1. The summed E-state index contributed by atoms with van der Waals surface area (Å²) in [7, 11) is 1.61. The number of anilines is 2. The number of hydrogen-bond donors (Lipinski definition) is 5. The first kappa shape index (κ1) is 21.9. The van der Waals surface area contributed by atoms with Crippen molar-refractivity contribution < 1.29 is 24.8 Å². The standard InChI is InChI=1S/C21H22N8O5/c1-33-12-4-5-13-10(6-12)2-3-11(26-13)7-25-28-21-27-15-18(22)23-9-24-19(15)29(21)20-17(32)16(31)14(8-30)34-20/h2-7,9,14,16-17,20,30-32H,8H2,1H3,(H,27,28)(H2,22,23,24). The molecule has 1 saturated heterocycles. The minimum absolute atomic E-state index is 0.120. The lowest BCUT2D eigenvalue weighted by Gasteiger charge is -2.18. The fourth-order valence-corrected chi connectivity index (χ4v) is 3.81. The Morgan fingerprint density at radius 3 is 2.82 bits per heavy atom. The van der Waals surface area contributed by atoms with Crippen molar-refractivity contribution in [1.29, 1.82) is 0 Å². The molecule has 34 heavy (non-hydrogen) atoms. The van der Waals surface area contributed by atoms with E-state index in [-0.39, 0.29) is 22.9 Å². The summed E-state index contributed by atoms with van der Waals surface area (Å²) < 4.78 is 12.3. The van der Waals surface area contributed by atoms with E-state index in [0.29, 0.717) is 5.69 Å². The fraction of sp³-hybridized carbons (Fsp3) is 0.286. The van der Waals surface area contributed by atoms with Gasteiger partial charge in [0.05, 0.1) is 31.1 Å². The Hall–Kier alpha value is -3.91. The van der Waals surface area contributed by atoms with Crippen LogP contribution in [0.5, 0.6) is 5.75 Å². The van der Waals surface area contributed by atoms with Crippen LogP contribution < -0.4 is 15.9 Å². The Labute approximate surface area is 192 Å². The average Bonchev–Trinajstić information content (AvgIpc) is 3.36. The van der Waals surface area contributed by atoms with Crippen molar-refractivity contribution >= 4 is 40.0 Å². The lowest BCUT2D eigenvalue weighted by Crippen LogP contribution is -2.33. The number of hydrazone groups is 1. The third-order valence-electron chi connectivity index (χ3n) is 5.56. The van der Waals surface area contributed by atoms with Crippen molar-refractivity contribution in [2.75, 3.05) is 24.9 Å². The van der Waals surface area contributed by atoms with Gasteiger partial charge in [0.25, 0.3) is 0 Å². The minimum atomic E-state index is -1.35. The number of ether oxygens (including phenoxy) is 2. The quantitative estimate of drug-likeness (QED) is 0.190. The molecule has 13 nitrogen and oxygen atoms in total. The summed E-state index contributed by atoms with van der Waals surface area (Å²) in [5, 5.41) is 35.3. The first-order valence-electron chi connectivity index (χ1n) is 10.3. The maximum absolute atomic E-state index is 10.5. The van der Waals surface area contributed by atoms with Gasteiger partial charge in [-0.1, -0.05) is 6.07 Å². The van der Waals surface area contributed by atoms with Gasteiger partial charge in [0.2, 0.25) is 5.95 Å². The zero-order valence-corrected chi connectivity index (χ0v) is 18.0. The van der Waals surface area contributed by atoms with Crippen LogP contribution in [0.15, 0.2) is 41.8 Å². The predicted octanol–water partition coefficient (Wildman–Crippen LogP) is 0.0228. The van der Waals surface area contributed by atoms with Crippen molar-refractivity contribution in [3.05, 3.63) is 42.4 Å². The van der Waals surface area contributed by atoms with E-state index in [0.717, 1.165) is 16.7 Å². The number of pyridine rings is 1. The van der Waals surface area contributed by atoms with Crippen molar-refractivity contribution in [3.63, 3.8) is 0 Å². The molecule has 4 unspecified atom stereocenters. The molecular weight excluding hydrogens is 444 g/mol. The number of hydrogen-bond acceptors (Lipinski definition) is 12. The second-order valence-electron chi connectivity index (χ2n) is 7.63. The smallest absolute Gasteiger partial charge is 0.228 e. The van der Waals surface area contributed by atoms with E-state index in [2.05, 4.69) is 30.5 Å². The van der Waals surface area contributed by atoms with E-state index < -0.39 is 31.1 Å². The Kier molecular flexibility index (Phi) is 5.67. The molecule has 1 aromatic carbocycles. The van der Waals surface area contributed by atoms with Gasteiger partial charge >= 0.3 is 0 Å². The lowest BCUT2D eigenvalue weighted by molar-refractivity contribution is -0.0501. The molecule has 0 amide bonds. The lowest BCUT2D eigenvalue weighted by atomic mass is 10.1. The first-order valence-corrected chi connectivity index (χ1v) is 10.3. The zero-order valence-electron chi connectivity index (χ0n) is 18.0. The number of fused-ring (bicyclic) bond motifs is 2. The molecule has 0 radical (unpaired) electrons. The number of nitrogens with two attached hydrogens (primary N) is 1. The number of aliphatic hydroxyl groups excluding tert-OH is 3. The Morgan fingerprint density at radius 1 is 1.21 bits per heavy atom. The highest BCUT2D eigenvalue weighted by Crippen LogP contribution is 2.35. The molecule has 0 saturated carbocycles. The Morgan fingerprint density at radius 2 is 2.06 bits per heavy atom. The summed E-state index contributed by atoms with van der Waals surface area (Å²) in [5.41, 5.74) is 10.6. The molecule has 0 bridgehead atoms. The Bertz CT molecular complexity index is 1380. The highest BCUT2D eigenvalue weighted by Gasteiger charge is 2.45. The summed E-state index contributed by atoms with van der Waals surface area (Å²) >= 11 is 0. The van der Waals surface area contributed by atoms with Gasteiger partial charge in [-0.2, -0.15) is 5.10 Å². The highest BCUT2D eigenvalue weighted by atomic mass is 16.6. The van der Waals surface area contributed by atoms with Crippen LogP contribution in [0.4, 0.5) is 11.8 Å². The maximum atomic E-state index is 10.5. The molecular formula is C21H22N8O5. The number of rotatable bonds is 6. The number of aliphatic hydroxyl groups is 3. The number of nitrogens with one attached hydrogen (secondary N) is 1. The molecule has 4 atom stereocenters. The molecule has 1 aliphatic heterocycles. The minimum Gasteiger partial charge on any atom is -0.497 e. The van der Waals surface area contributed by atoms with Crippen LogP contribution in [0, 0.1) is 0 Å². The predicted molar refractivity (Wildman–Crippen MR) is 122 cm³/mol. The molecule has 13 heteroatoms. The van der Waals surface area contributed by atoms with Crippen LogP contribution >= 0.6 is 0 Å². The Balaban J connectivity index is 1.47. The molecule has 3 aromatic heterocycles. The third kappa shape index (κ3) is 3.76. The number of nitrogens with zero attached hydrogens (tertiary/aromatic N) is 6. The van der Waals surface area contributed by atoms with Gasteiger partial charge in [-0.3, -0.25) is 4.57 Å². The van der Waals surface area contributed by atoms with Gasteiger partial charge in [-0.05, 0) is 24.3 Å². The summed E-state index contributed by atoms with van der Waals surface area (Å²) in [6.07, 6.45) is -1.98. The van der Waals surface area contributed by atoms with E-state index in [1.807, 2.05) is 24.3 Å². The molecule has 6 N–H and O–H groups in total. The largest absolute Gasteiger partial charge is 0.497 e. The third-order valence-corrected chi connectivity index (χ3v) is 5.56. The van der Waals surface area contributed by atoms with Crippen LogP contribution in [-0.2, 0) is 4.74 Å². The first-order chi connectivity index (χ1) is 16.5. The van der Waals surface area contributed by atoms with Crippen LogP contribution in [0.25, 0.3) is 22.1 Å². The van der Waals surface area contributed by atoms with Crippen molar-refractivity contribution in [2.45, 2.75) is 24.5 Å². The van der Waals surface area contributed by atoms with Crippen LogP contribution in [0.1, 0.15) is 11.9 Å². The van der Waals surface area contributed by atoms with Crippen LogP contribution in [-0.4, -0.2) is 78.1 Å². The van der Waals surface area contributed by atoms with E-state index in [9.17, 15) is 15.3 Å². The van der Waals surface area contributed by atoms with Crippen LogP contribution in [0.2, 0.25) is 0 Å². The SMILES string of the molecule is COc1ccc2nc(C=NNc3nc4c(N)ncnc4n3C3OC(CO)C(O)C3O)ccc2c1. The number of benzene rings is 1. The normalized spacial score (nSPS) is 22.7. The number of aromatic nitrogens is 5. The van der Waals surface area contributed by atoms with Crippen molar-refractivity contribution in [2.24, 2.45) is 5.10 Å². The van der Waals surface area contributed by atoms with Crippen molar-refractivity contribution in [3.8, 4) is 5.75 Å². The van der Waals surface area contributed by atoms with Gasteiger partial charge in [0, 0.05) is 5.39 Å². The van der Waals surface area contributed by atoms with Gasteiger partial charge in [-0.25, -0.2) is 25.4 Å². The topological polar surface area (TPSA) is 186 Å². The highest BCUT2D eigenvalue weighted by molar-refractivity contribution is 5.87. The molecule has 0 aliphatic carbocycles. The molecule has 176 valence electrons. The summed E-state index contributed by atoms with van der Waals surface area (Å²) in [6, 6.07) is 9.25. The van der Waals surface area contributed by atoms with E-state index in [1.165, 1.54) is 17.1 Å². The molecule has 5 rings (SSSR count). The van der Waals surface area contributed by atoms with E-state index in [1.54, 1.807) is 13.2 Å². The molecule has 0 spiro atoms. The van der Waals surface area contributed by atoms with Gasteiger partial charge in [0.1, 0.15) is 30.4 Å². The number of imidazole rings is 1. The van der Waals surface area contributed by atoms with E-state index in [4.69, 9.17) is 15.2 Å². The van der Waals surface area contributed by atoms with Gasteiger partial charge < -0.3 is 30.5 Å². The van der Waals surface area contributed by atoms with Crippen LogP contribution in [0.3, 0.4) is 0 Å². The average molecular weight is 466 g/mol. The molecule has 4 heterocycles. The second-order valence-corrected chi connectivity index (χ2v) is 7.63. The molecule has 4 aromatic rings. The molecule has 1 aliphatic rings.